The maximum Gasteiger partial charge on any atom is 0.0704 e. The molecule has 0 saturated carbocycles. The van der Waals surface area contributed by atoms with Crippen molar-refractivity contribution in [3.05, 3.63) is 20.3 Å². The van der Waals surface area contributed by atoms with Crippen molar-refractivity contribution in [2.45, 2.75) is 24.6 Å². The second kappa shape index (κ2) is 5.30. The Morgan fingerprint density at radius 3 is 2.67 bits per heavy atom. The van der Waals surface area contributed by atoms with Crippen LogP contribution < -0.4 is 0 Å². The lowest BCUT2D eigenvalue weighted by Gasteiger charge is -2.26. The molecule has 2 rings (SSSR count). The molecule has 0 N–H and O–H groups in total. The number of halogens is 2. The van der Waals surface area contributed by atoms with E-state index in [0.29, 0.717) is 4.83 Å². The van der Waals surface area contributed by atoms with Crippen LogP contribution in [-0.4, -0.2) is 13.2 Å². The lowest BCUT2D eigenvalue weighted by molar-refractivity contribution is 0.0662. The second-order valence-electron chi connectivity index (χ2n) is 3.91. The largest absolute Gasteiger partial charge is 0.381 e. The number of alkyl halides is 1. The Bertz CT molecular complexity index is 331. The van der Waals surface area contributed by atoms with Gasteiger partial charge in [0, 0.05) is 22.9 Å². The van der Waals surface area contributed by atoms with E-state index in [2.05, 4.69) is 44.8 Å². The van der Waals surface area contributed by atoms with Gasteiger partial charge in [0.1, 0.15) is 0 Å². The van der Waals surface area contributed by atoms with Gasteiger partial charge in [0.25, 0.3) is 0 Å². The normalized spacial score (nSPS) is 20.5. The molecule has 0 spiro atoms. The summed E-state index contributed by atoms with van der Waals surface area (Å²) >= 11 is 9.21. The van der Waals surface area contributed by atoms with Gasteiger partial charge in [0.15, 0.2) is 0 Å². The van der Waals surface area contributed by atoms with Crippen LogP contribution >= 0.6 is 43.2 Å². The van der Waals surface area contributed by atoms with Crippen LogP contribution in [0.1, 0.15) is 28.1 Å². The van der Waals surface area contributed by atoms with Crippen molar-refractivity contribution in [3.8, 4) is 0 Å². The van der Waals surface area contributed by atoms with Gasteiger partial charge in [-0.2, -0.15) is 0 Å². The third kappa shape index (κ3) is 2.84. The van der Waals surface area contributed by atoms with Gasteiger partial charge >= 0.3 is 0 Å². The predicted molar refractivity (Wildman–Crippen MR) is 72.0 cm³/mol. The van der Waals surface area contributed by atoms with Crippen LogP contribution in [0.15, 0.2) is 9.85 Å². The van der Waals surface area contributed by atoms with Crippen molar-refractivity contribution in [1.29, 1.82) is 0 Å². The summed E-state index contributed by atoms with van der Waals surface area (Å²) in [5.74, 6) is 0.721. The van der Waals surface area contributed by atoms with Crippen molar-refractivity contribution < 1.29 is 4.74 Å². The first-order valence-electron chi connectivity index (χ1n) is 5.16. The fourth-order valence-electron chi connectivity index (χ4n) is 1.99. The van der Waals surface area contributed by atoms with Crippen LogP contribution in [-0.2, 0) is 4.74 Å². The second-order valence-corrected chi connectivity index (χ2v) is 7.54. The average molecular weight is 354 g/mol. The molecule has 1 saturated heterocycles. The summed E-state index contributed by atoms with van der Waals surface area (Å²) in [5, 5.41) is 0. The highest BCUT2D eigenvalue weighted by molar-refractivity contribution is 9.11. The number of ether oxygens (including phenoxy) is 1. The zero-order valence-electron chi connectivity index (χ0n) is 8.63. The molecule has 2 heterocycles. The van der Waals surface area contributed by atoms with Crippen LogP contribution in [0.25, 0.3) is 0 Å². The Morgan fingerprint density at radius 2 is 2.13 bits per heavy atom. The van der Waals surface area contributed by atoms with Crippen LogP contribution in [0.2, 0.25) is 0 Å². The Morgan fingerprint density at radius 1 is 1.47 bits per heavy atom. The van der Waals surface area contributed by atoms with E-state index in [1.807, 2.05) is 11.3 Å². The van der Waals surface area contributed by atoms with E-state index in [4.69, 9.17) is 4.74 Å². The average Bonchev–Trinajstić information content (AvgIpc) is 2.58. The number of rotatable bonds is 2. The Balaban J connectivity index is 2.12. The smallest absolute Gasteiger partial charge is 0.0704 e. The predicted octanol–water partition coefficient (Wildman–Crippen LogP) is 4.68. The van der Waals surface area contributed by atoms with E-state index >= 15 is 0 Å². The van der Waals surface area contributed by atoms with E-state index < -0.39 is 0 Å². The van der Waals surface area contributed by atoms with Gasteiger partial charge in [-0.15, -0.1) is 11.3 Å². The van der Waals surface area contributed by atoms with Crippen molar-refractivity contribution in [3.63, 3.8) is 0 Å². The fraction of sp³-hybridized carbons (Fsp3) is 0.636. The summed E-state index contributed by atoms with van der Waals surface area (Å²) in [7, 11) is 0. The SMILES string of the molecule is Cc1sc(Br)cc1C(Br)C1CCOCC1. The molecular weight excluding hydrogens is 340 g/mol. The molecule has 1 aliphatic rings. The summed E-state index contributed by atoms with van der Waals surface area (Å²) in [4.78, 5) is 1.90. The Hall–Kier alpha value is 0.620. The van der Waals surface area contributed by atoms with Gasteiger partial charge in [-0.3, -0.25) is 0 Å². The van der Waals surface area contributed by atoms with E-state index in [9.17, 15) is 0 Å². The molecule has 1 aromatic heterocycles. The molecule has 1 aliphatic heterocycles. The number of hydrogen-bond donors (Lipinski definition) is 0. The summed E-state index contributed by atoms with van der Waals surface area (Å²) < 4.78 is 6.62. The highest BCUT2D eigenvalue weighted by Gasteiger charge is 2.25. The molecule has 0 bridgehead atoms. The highest BCUT2D eigenvalue weighted by atomic mass is 79.9. The monoisotopic (exact) mass is 352 g/mol. The highest BCUT2D eigenvalue weighted by Crippen LogP contribution is 2.41. The topological polar surface area (TPSA) is 9.23 Å². The third-order valence-corrected chi connectivity index (χ3v) is 5.71. The lowest BCUT2D eigenvalue weighted by atomic mass is 9.92. The van der Waals surface area contributed by atoms with E-state index in [1.54, 1.807) is 0 Å². The molecule has 84 valence electrons. The maximum absolute atomic E-state index is 5.39. The number of thiophene rings is 1. The van der Waals surface area contributed by atoms with Crippen molar-refractivity contribution in [1.82, 2.24) is 0 Å². The minimum atomic E-state index is 0.490. The molecule has 1 fully saturated rings. The molecule has 1 nitrogen and oxygen atoms in total. The molecular formula is C11H14Br2OS. The summed E-state index contributed by atoms with van der Waals surface area (Å²) in [6.07, 6.45) is 2.34. The first kappa shape index (κ1) is 12.1. The molecule has 0 aliphatic carbocycles. The van der Waals surface area contributed by atoms with E-state index in [0.717, 1.165) is 19.1 Å². The molecule has 4 heteroatoms. The molecule has 1 aromatic rings. The molecule has 0 aromatic carbocycles. The number of hydrogen-bond acceptors (Lipinski definition) is 2. The minimum absolute atomic E-state index is 0.490. The van der Waals surface area contributed by atoms with Gasteiger partial charge in [-0.05, 0) is 53.2 Å². The van der Waals surface area contributed by atoms with Crippen LogP contribution in [0.5, 0.6) is 0 Å². The Kier molecular flexibility index (Phi) is 4.27. The van der Waals surface area contributed by atoms with Gasteiger partial charge in [-0.25, -0.2) is 0 Å². The van der Waals surface area contributed by atoms with Crippen LogP contribution in [0.4, 0.5) is 0 Å². The summed E-state index contributed by atoms with van der Waals surface area (Å²) in [6, 6.07) is 2.24. The quantitative estimate of drug-likeness (QED) is 0.701. The first-order valence-corrected chi connectivity index (χ1v) is 7.68. The lowest BCUT2D eigenvalue weighted by Crippen LogP contribution is -2.19. The van der Waals surface area contributed by atoms with Gasteiger partial charge < -0.3 is 4.74 Å². The van der Waals surface area contributed by atoms with Crippen molar-refractivity contribution in [2.24, 2.45) is 5.92 Å². The standard InChI is InChI=1S/C11H14Br2OS/c1-7-9(6-10(12)15-7)11(13)8-2-4-14-5-3-8/h6,8,11H,2-5H2,1H3. The van der Waals surface area contributed by atoms with Gasteiger partial charge in [-0.1, -0.05) is 15.9 Å². The molecule has 1 atom stereocenters. The first-order chi connectivity index (χ1) is 7.18. The van der Waals surface area contributed by atoms with Crippen molar-refractivity contribution in [2.75, 3.05) is 13.2 Å². The van der Waals surface area contributed by atoms with E-state index in [-0.39, 0.29) is 0 Å². The molecule has 15 heavy (non-hydrogen) atoms. The summed E-state index contributed by atoms with van der Waals surface area (Å²) in [6.45, 7) is 4.02. The van der Waals surface area contributed by atoms with Crippen molar-refractivity contribution >= 4 is 43.2 Å². The summed E-state index contributed by atoms with van der Waals surface area (Å²) in [5.41, 5.74) is 1.44. The van der Waals surface area contributed by atoms with Crippen LogP contribution in [0.3, 0.4) is 0 Å². The van der Waals surface area contributed by atoms with E-state index in [1.165, 1.54) is 27.1 Å². The maximum atomic E-state index is 5.39. The molecule has 0 radical (unpaired) electrons. The zero-order chi connectivity index (χ0) is 10.8. The Labute approximate surface area is 111 Å². The number of aryl methyl sites for hydroxylation is 1. The zero-order valence-corrected chi connectivity index (χ0v) is 12.6. The molecule has 1 unspecified atom stereocenters. The van der Waals surface area contributed by atoms with Gasteiger partial charge in [0.05, 0.1) is 3.79 Å². The third-order valence-electron chi connectivity index (χ3n) is 2.90. The van der Waals surface area contributed by atoms with Crippen LogP contribution in [0, 0.1) is 12.8 Å². The molecule has 0 amide bonds. The van der Waals surface area contributed by atoms with Gasteiger partial charge in [0.2, 0.25) is 0 Å². The minimum Gasteiger partial charge on any atom is -0.381 e. The fourth-order valence-corrected chi connectivity index (χ4v) is 4.91.